The molecule has 0 radical (unpaired) electrons. The molecule has 4 heteroatoms. The zero-order valence-corrected chi connectivity index (χ0v) is 11.7. The molecule has 104 valence electrons. The molecule has 3 N–H and O–H groups in total. The number of aliphatic imine (C=N–C) groups is 1. The van der Waals surface area contributed by atoms with Crippen molar-refractivity contribution >= 4 is 5.71 Å². The van der Waals surface area contributed by atoms with Gasteiger partial charge < -0.3 is 5.32 Å². The van der Waals surface area contributed by atoms with Crippen molar-refractivity contribution in [1.29, 1.82) is 0 Å². The summed E-state index contributed by atoms with van der Waals surface area (Å²) >= 11 is 0. The van der Waals surface area contributed by atoms with Gasteiger partial charge in [0.1, 0.15) is 5.82 Å². The third-order valence-electron chi connectivity index (χ3n) is 4.22. The summed E-state index contributed by atoms with van der Waals surface area (Å²) in [6.45, 7) is 3.21. The van der Waals surface area contributed by atoms with Crippen molar-refractivity contribution in [3.63, 3.8) is 0 Å². The van der Waals surface area contributed by atoms with Gasteiger partial charge in [0.2, 0.25) is 0 Å². The zero-order chi connectivity index (χ0) is 13.2. The van der Waals surface area contributed by atoms with E-state index in [0.717, 1.165) is 24.5 Å². The van der Waals surface area contributed by atoms with Crippen LogP contribution in [0.1, 0.15) is 45.4 Å². The number of allylic oxidation sites excluding steroid dienone is 2. The Morgan fingerprint density at radius 2 is 2.26 bits per heavy atom. The molecule has 2 fully saturated rings. The van der Waals surface area contributed by atoms with Crippen LogP contribution < -0.4 is 11.2 Å². The predicted molar refractivity (Wildman–Crippen MR) is 78.3 cm³/mol. The molecule has 1 aliphatic carbocycles. The van der Waals surface area contributed by atoms with Crippen LogP contribution in [0.2, 0.25) is 0 Å². The predicted octanol–water partition coefficient (Wildman–Crippen LogP) is 2.30. The molecule has 0 spiro atoms. The van der Waals surface area contributed by atoms with Gasteiger partial charge in [-0.2, -0.15) is 0 Å². The Balaban J connectivity index is 1.69. The van der Waals surface area contributed by atoms with Crippen LogP contribution in [0.25, 0.3) is 0 Å². The Bertz CT molecular complexity index is 425. The molecule has 1 unspecified atom stereocenters. The van der Waals surface area contributed by atoms with Crippen molar-refractivity contribution in [2.24, 2.45) is 16.8 Å². The van der Waals surface area contributed by atoms with Gasteiger partial charge in [0.15, 0.2) is 0 Å². The van der Waals surface area contributed by atoms with Crippen LogP contribution in [0.4, 0.5) is 0 Å². The summed E-state index contributed by atoms with van der Waals surface area (Å²) in [7, 11) is 0. The van der Waals surface area contributed by atoms with Crippen LogP contribution in [0.3, 0.4) is 0 Å². The van der Waals surface area contributed by atoms with Crippen molar-refractivity contribution in [1.82, 2.24) is 10.3 Å². The monoisotopic (exact) mass is 260 g/mol. The van der Waals surface area contributed by atoms with Crippen LogP contribution >= 0.6 is 0 Å². The van der Waals surface area contributed by atoms with E-state index in [1.165, 1.54) is 37.8 Å². The van der Waals surface area contributed by atoms with E-state index < -0.39 is 0 Å². The first-order chi connectivity index (χ1) is 9.24. The highest BCUT2D eigenvalue weighted by Gasteiger charge is 2.29. The number of nitrogens with one attached hydrogen (secondary N) is 1. The Kier molecular flexibility index (Phi) is 3.71. The summed E-state index contributed by atoms with van der Waals surface area (Å²) in [5, 5.41) is 5.28. The minimum Gasteiger partial charge on any atom is -0.314 e. The minimum atomic E-state index is 0.598. The van der Waals surface area contributed by atoms with Gasteiger partial charge in [-0.25, -0.2) is 10.8 Å². The lowest BCUT2D eigenvalue weighted by molar-refractivity contribution is 0.395. The van der Waals surface area contributed by atoms with E-state index in [9.17, 15) is 0 Å². The van der Waals surface area contributed by atoms with Gasteiger partial charge in [0.25, 0.3) is 0 Å². The number of nitrogens with zero attached hydrogens (tertiary/aromatic N) is 2. The number of rotatable bonds is 3. The van der Waals surface area contributed by atoms with Gasteiger partial charge in [-0.15, -0.1) is 0 Å². The maximum atomic E-state index is 6.09. The molecule has 0 aromatic carbocycles. The highest BCUT2D eigenvalue weighted by molar-refractivity contribution is 6.00. The number of hydrazine groups is 1. The molecule has 0 aromatic rings. The molecule has 2 aliphatic heterocycles. The van der Waals surface area contributed by atoms with Crippen LogP contribution in [-0.4, -0.2) is 23.3 Å². The van der Waals surface area contributed by atoms with E-state index in [0.29, 0.717) is 12.0 Å². The second-order valence-electron chi connectivity index (χ2n) is 5.91. The van der Waals surface area contributed by atoms with Gasteiger partial charge in [0, 0.05) is 23.4 Å². The fraction of sp³-hybridized carbons (Fsp3) is 0.667. The summed E-state index contributed by atoms with van der Waals surface area (Å²) in [5.41, 5.74) is 2.32. The second-order valence-corrected chi connectivity index (χ2v) is 5.91. The molecule has 19 heavy (non-hydrogen) atoms. The number of piperidine rings is 1. The summed E-state index contributed by atoms with van der Waals surface area (Å²) in [5.74, 6) is 7.70. The number of hydrogen-bond acceptors (Lipinski definition) is 4. The van der Waals surface area contributed by atoms with E-state index in [1.54, 1.807) is 5.01 Å². The number of hydrogen-bond donors (Lipinski definition) is 2. The van der Waals surface area contributed by atoms with Gasteiger partial charge in [-0.1, -0.05) is 6.42 Å². The topological polar surface area (TPSA) is 53.7 Å². The third-order valence-corrected chi connectivity index (χ3v) is 4.22. The average molecular weight is 260 g/mol. The van der Waals surface area contributed by atoms with Crippen molar-refractivity contribution in [3.05, 3.63) is 23.7 Å². The smallest absolute Gasteiger partial charge is 0.143 e. The summed E-state index contributed by atoms with van der Waals surface area (Å²) in [4.78, 5) is 4.73. The van der Waals surface area contributed by atoms with Crippen molar-refractivity contribution in [2.75, 3.05) is 6.54 Å². The van der Waals surface area contributed by atoms with Crippen LogP contribution in [0.5, 0.6) is 0 Å². The highest BCUT2D eigenvalue weighted by atomic mass is 15.5. The summed E-state index contributed by atoms with van der Waals surface area (Å²) < 4.78 is 0. The minimum absolute atomic E-state index is 0.598. The average Bonchev–Trinajstić information content (AvgIpc) is 3.26. The summed E-state index contributed by atoms with van der Waals surface area (Å²) in [6, 6.07) is 0.598. The second kappa shape index (κ2) is 5.47. The molecule has 4 nitrogen and oxygen atoms in total. The lowest BCUT2D eigenvalue weighted by Crippen LogP contribution is -2.34. The molecule has 3 aliphatic rings. The molecular formula is C15H24N4. The van der Waals surface area contributed by atoms with Gasteiger partial charge in [-0.3, -0.25) is 5.01 Å². The lowest BCUT2D eigenvalue weighted by atomic mass is 10.0. The fourth-order valence-electron chi connectivity index (χ4n) is 2.79. The van der Waals surface area contributed by atoms with E-state index in [1.807, 2.05) is 0 Å². The maximum Gasteiger partial charge on any atom is 0.143 e. The first kappa shape index (κ1) is 12.9. The van der Waals surface area contributed by atoms with Gasteiger partial charge in [-0.05, 0) is 57.7 Å². The Morgan fingerprint density at radius 3 is 2.95 bits per heavy atom. The SMILES string of the molecule is CC1=CC(C2CC2)=NC(=CCC2CCCCN2)N1N. The Hall–Kier alpha value is -1.13. The quantitative estimate of drug-likeness (QED) is 0.766. The third kappa shape index (κ3) is 3.07. The van der Waals surface area contributed by atoms with Crippen LogP contribution in [0, 0.1) is 5.92 Å². The fourth-order valence-corrected chi connectivity index (χ4v) is 2.79. The number of nitrogens with two attached hydrogens (primary N) is 1. The zero-order valence-electron chi connectivity index (χ0n) is 11.7. The first-order valence-corrected chi connectivity index (χ1v) is 7.49. The molecule has 1 atom stereocenters. The molecule has 0 amide bonds. The van der Waals surface area contributed by atoms with E-state index >= 15 is 0 Å². The summed E-state index contributed by atoms with van der Waals surface area (Å²) in [6.07, 6.45) is 11.8. The van der Waals surface area contributed by atoms with Crippen LogP contribution in [-0.2, 0) is 0 Å². The Morgan fingerprint density at radius 1 is 1.42 bits per heavy atom. The molecule has 2 heterocycles. The highest BCUT2D eigenvalue weighted by Crippen LogP contribution is 2.34. The molecular weight excluding hydrogens is 236 g/mol. The molecule has 0 aromatic heterocycles. The van der Waals surface area contributed by atoms with Crippen LogP contribution in [0.15, 0.2) is 28.7 Å². The normalized spacial score (nSPS) is 30.3. The van der Waals surface area contributed by atoms with Crippen molar-refractivity contribution < 1.29 is 0 Å². The van der Waals surface area contributed by atoms with E-state index in [4.69, 9.17) is 10.8 Å². The molecule has 1 saturated heterocycles. The standard InChI is InChI=1S/C15H24N4/c1-11-10-14(12-5-6-12)18-15(19(11)16)8-7-13-4-2-3-9-17-13/h8,10,12-13,17H,2-7,9,16H2,1H3. The van der Waals surface area contributed by atoms with Gasteiger partial charge >= 0.3 is 0 Å². The molecule has 0 bridgehead atoms. The van der Waals surface area contributed by atoms with Crippen molar-refractivity contribution in [2.45, 2.75) is 51.5 Å². The first-order valence-electron chi connectivity index (χ1n) is 7.49. The molecule has 3 rings (SSSR count). The largest absolute Gasteiger partial charge is 0.314 e. The van der Waals surface area contributed by atoms with Gasteiger partial charge in [0.05, 0.1) is 0 Å². The van der Waals surface area contributed by atoms with E-state index in [-0.39, 0.29) is 0 Å². The Labute approximate surface area is 115 Å². The molecule has 1 saturated carbocycles. The van der Waals surface area contributed by atoms with Crippen molar-refractivity contribution in [3.8, 4) is 0 Å². The van der Waals surface area contributed by atoms with E-state index in [2.05, 4.69) is 24.4 Å². The maximum absolute atomic E-state index is 6.09. The lowest BCUT2D eigenvalue weighted by Gasteiger charge is -2.26.